The number of nitrogens with one attached hydrogen (secondary N) is 2. The molecule has 30 heavy (non-hydrogen) atoms. The van der Waals surface area contributed by atoms with Crippen molar-refractivity contribution < 1.29 is 29.4 Å². The molecule has 1 heterocycles. The third kappa shape index (κ3) is 6.01. The van der Waals surface area contributed by atoms with Crippen molar-refractivity contribution in [3.05, 3.63) is 35.9 Å². The fourth-order valence-electron chi connectivity index (χ4n) is 3.32. The maximum absolute atomic E-state index is 12.6. The summed E-state index contributed by atoms with van der Waals surface area (Å²) in [5.41, 5.74) is 6.31. The molecule has 0 bridgehead atoms. The van der Waals surface area contributed by atoms with E-state index in [4.69, 9.17) is 10.8 Å². The number of rotatable bonds is 9. The van der Waals surface area contributed by atoms with E-state index in [1.165, 1.54) is 11.8 Å². The second-order valence-electron chi connectivity index (χ2n) is 7.30. The van der Waals surface area contributed by atoms with Crippen LogP contribution in [0.5, 0.6) is 0 Å². The Morgan fingerprint density at radius 3 is 2.47 bits per heavy atom. The molecule has 0 spiro atoms. The molecule has 1 fully saturated rings. The number of benzene rings is 1. The van der Waals surface area contributed by atoms with E-state index in [1.807, 2.05) is 0 Å². The fraction of sp³-hybridized carbons (Fsp3) is 0.500. The molecule has 0 aromatic heterocycles. The number of likely N-dealkylation sites (tertiary alicyclic amines) is 1. The van der Waals surface area contributed by atoms with Crippen LogP contribution in [0, 0.1) is 0 Å². The number of nitrogens with zero attached hydrogens (tertiary/aromatic N) is 1. The lowest BCUT2D eigenvalue weighted by Gasteiger charge is -2.27. The average Bonchev–Trinajstić information content (AvgIpc) is 3.22. The lowest BCUT2D eigenvalue weighted by Crippen LogP contribution is -2.56. The molecule has 10 heteroatoms. The number of carboxylic acids is 1. The number of carboxylic acid groups (broad SMARTS) is 1. The standard InChI is InChI=1S/C20H28N4O6/c1-12(17(26)23-15(20(29)30)10-13-6-3-2-4-7-13)22-18(27)16-8-5-9-24(16)19(28)14(21)11-25/h2-4,6-7,12,14-16,25H,5,8-11,21H2,1H3,(H,22,27)(H,23,26)(H,29,30). The summed E-state index contributed by atoms with van der Waals surface area (Å²) in [5.74, 6) is -2.88. The van der Waals surface area contributed by atoms with Crippen LogP contribution in [0.3, 0.4) is 0 Å². The van der Waals surface area contributed by atoms with Gasteiger partial charge >= 0.3 is 5.97 Å². The maximum atomic E-state index is 12.6. The van der Waals surface area contributed by atoms with E-state index in [9.17, 15) is 24.3 Å². The van der Waals surface area contributed by atoms with Gasteiger partial charge in [-0.25, -0.2) is 4.79 Å². The van der Waals surface area contributed by atoms with Crippen molar-refractivity contribution in [1.82, 2.24) is 15.5 Å². The highest BCUT2D eigenvalue weighted by atomic mass is 16.4. The van der Waals surface area contributed by atoms with E-state index in [-0.39, 0.29) is 6.42 Å². The predicted molar refractivity (Wildman–Crippen MR) is 107 cm³/mol. The summed E-state index contributed by atoms with van der Waals surface area (Å²) in [4.78, 5) is 50.1. The number of hydrogen-bond donors (Lipinski definition) is 5. The monoisotopic (exact) mass is 420 g/mol. The predicted octanol–water partition coefficient (Wildman–Crippen LogP) is -1.39. The quantitative estimate of drug-likeness (QED) is 0.329. The summed E-state index contributed by atoms with van der Waals surface area (Å²) < 4.78 is 0. The topological polar surface area (TPSA) is 162 Å². The summed E-state index contributed by atoms with van der Waals surface area (Å²) in [7, 11) is 0. The molecule has 164 valence electrons. The molecule has 1 aliphatic rings. The first-order valence-corrected chi connectivity index (χ1v) is 9.79. The normalized spacial score (nSPS) is 18.9. The van der Waals surface area contributed by atoms with E-state index in [1.54, 1.807) is 30.3 Å². The van der Waals surface area contributed by atoms with Gasteiger partial charge in [-0.05, 0) is 25.3 Å². The first-order chi connectivity index (χ1) is 14.2. The Balaban J connectivity index is 1.95. The van der Waals surface area contributed by atoms with Crippen LogP contribution in [0.2, 0.25) is 0 Å². The number of carbonyl (C=O) groups is 4. The van der Waals surface area contributed by atoms with Crippen molar-refractivity contribution in [3.8, 4) is 0 Å². The highest BCUT2D eigenvalue weighted by Gasteiger charge is 2.37. The van der Waals surface area contributed by atoms with Gasteiger partial charge in [-0.2, -0.15) is 0 Å². The third-order valence-electron chi connectivity index (χ3n) is 5.00. The van der Waals surface area contributed by atoms with E-state index in [0.717, 1.165) is 5.56 Å². The van der Waals surface area contributed by atoms with Gasteiger partial charge < -0.3 is 31.5 Å². The number of nitrogens with two attached hydrogens (primary N) is 1. The lowest BCUT2D eigenvalue weighted by molar-refractivity contribution is -0.143. The summed E-state index contributed by atoms with van der Waals surface area (Å²) in [6, 6.07) is 4.84. The van der Waals surface area contributed by atoms with Gasteiger partial charge in [0.1, 0.15) is 24.2 Å². The smallest absolute Gasteiger partial charge is 0.326 e. The van der Waals surface area contributed by atoms with Crippen molar-refractivity contribution in [2.45, 2.75) is 50.4 Å². The summed E-state index contributed by atoms with van der Waals surface area (Å²) >= 11 is 0. The van der Waals surface area contributed by atoms with Crippen molar-refractivity contribution >= 4 is 23.7 Å². The molecule has 10 nitrogen and oxygen atoms in total. The zero-order valence-electron chi connectivity index (χ0n) is 16.8. The molecular formula is C20H28N4O6. The maximum Gasteiger partial charge on any atom is 0.326 e. The Morgan fingerprint density at radius 2 is 1.87 bits per heavy atom. The van der Waals surface area contributed by atoms with Gasteiger partial charge in [0.05, 0.1) is 6.61 Å². The minimum Gasteiger partial charge on any atom is -0.480 e. The molecule has 3 amide bonds. The molecule has 1 aliphatic heterocycles. The molecule has 0 radical (unpaired) electrons. The summed E-state index contributed by atoms with van der Waals surface area (Å²) in [5, 5.41) is 23.4. The van der Waals surface area contributed by atoms with Crippen molar-refractivity contribution in [3.63, 3.8) is 0 Å². The summed E-state index contributed by atoms with van der Waals surface area (Å²) in [6.45, 7) is 1.25. The van der Waals surface area contributed by atoms with Crippen LogP contribution in [0.25, 0.3) is 0 Å². The van der Waals surface area contributed by atoms with Crippen LogP contribution in [0.4, 0.5) is 0 Å². The lowest BCUT2D eigenvalue weighted by atomic mass is 10.1. The highest BCUT2D eigenvalue weighted by Crippen LogP contribution is 2.18. The van der Waals surface area contributed by atoms with Gasteiger partial charge in [0.25, 0.3) is 0 Å². The van der Waals surface area contributed by atoms with Gasteiger partial charge in [-0.15, -0.1) is 0 Å². The van der Waals surface area contributed by atoms with Crippen LogP contribution in [0.1, 0.15) is 25.3 Å². The van der Waals surface area contributed by atoms with Crippen molar-refractivity contribution in [2.24, 2.45) is 5.73 Å². The van der Waals surface area contributed by atoms with Gasteiger partial charge in [0.15, 0.2) is 0 Å². The first-order valence-electron chi connectivity index (χ1n) is 9.79. The molecule has 0 saturated carbocycles. The zero-order valence-corrected chi connectivity index (χ0v) is 16.8. The largest absolute Gasteiger partial charge is 0.480 e. The number of aliphatic carboxylic acids is 1. The second-order valence-corrected chi connectivity index (χ2v) is 7.30. The van der Waals surface area contributed by atoms with Crippen LogP contribution in [-0.4, -0.2) is 76.1 Å². The number of aliphatic hydroxyl groups is 1. The average molecular weight is 420 g/mol. The molecule has 1 aromatic rings. The molecule has 2 rings (SSSR count). The Hall–Kier alpha value is -2.98. The van der Waals surface area contributed by atoms with Gasteiger partial charge in [-0.3, -0.25) is 14.4 Å². The molecular weight excluding hydrogens is 392 g/mol. The van der Waals surface area contributed by atoms with Crippen molar-refractivity contribution in [1.29, 1.82) is 0 Å². The number of carbonyl (C=O) groups excluding carboxylic acids is 3. The van der Waals surface area contributed by atoms with Crippen LogP contribution >= 0.6 is 0 Å². The Bertz CT molecular complexity index is 772. The van der Waals surface area contributed by atoms with Crippen LogP contribution < -0.4 is 16.4 Å². The highest BCUT2D eigenvalue weighted by molar-refractivity contribution is 5.94. The molecule has 4 unspecified atom stereocenters. The molecule has 1 saturated heterocycles. The third-order valence-corrected chi connectivity index (χ3v) is 5.00. The van der Waals surface area contributed by atoms with Crippen LogP contribution in [0.15, 0.2) is 30.3 Å². The molecule has 4 atom stereocenters. The minimum atomic E-state index is -1.18. The molecule has 6 N–H and O–H groups in total. The van der Waals surface area contributed by atoms with E-state index in [2.05, 4.69) is 10.6 Å². The van der Waals surface area contributed by atoms with E-state index < -0.39 is 54.5 Å². The fourth-order valence-corrected chi connectivity index (χ4v) is 3.32. The Labute approximate surface area is 174 Å². The minimum absolute atomic E-state index is 0.104. The summed E-state index contributed by atoms with van der Waals surface area (Å²) in [6.07, 6.45) is 1.11. The van der Waals surface area contributed by atoms with Gasteiger partial charge in [0.2, 0.25) is 17.7 Å². The number of aliphatic hydroxyl groups excluding tert-OH is 1. The van der Waals surface area contributed by atoms with Gasteiger partial charge in [0, 0.05) is 13.0 Å². The Morgan fingerprint density at radius 1 is 1.20 bits per heavy atom. The van der Waals surface area contributed by atoms with Gasteiger partial charge in [-0.1, -0.05) is 30.3 Å². The zero-order chi connectivity index (χ0) is 22.3. The Kier molecular flexibility index (Phi) is 8.31. The SMILES string of the molecule is CC(NC(=O)C1CCCN1C(=O)C(N)CO)C(=O)NC(Cc1ccccc1)C(=O)O. The van der Waals surface area contributed by atoms with Crippen molar-refractivity contribution in [2.75, 3.05) is 13.2 Å². The number of hydrogen-bond acceptors (Lipinski definition) is 6. The number of amides is 3. The molecule has 1 aromatic carbocycles. The second kappa shape index (κ2) is 10.7. The molecule has 0 aliphatic carbocycles. The first kappa shape index (κ1) is 23.3. The van der Waals surface area contributed by atoms with E-state index in [0.29, 0.717) is 19.4 Å². The van der Waals surface area contributed by atoms with Crippen LogP contribution in [-0.2, 0) is 25.6 Å². The van der Waals surface area contributed by atoms with E-state index >= 15 is 0 Å².